The van der Waals surface area contributed by atoms with E-state index in [0.717, 1.165) is 5.56 Å². The summed E-state index contributed by atoms with van der Waals surface area (Å²) in [6.07, 6.45) is 1.24. The van der Waals surface area contributed by atoms with Gasteiger partial charge in [-0.05, 0) is 61.7 Å². The van der Waals surface area contributed by atoms with E-state index in [0.29, 0.717) is 35.9 Å². The molecular weight excluding hydrogens is 480 g/mol. The zero-order valence-electron chi connectivity index (χ0n) is 19.2. The van der Waals surface area contributed by atoms with Gasteiger partial charge < -0.3 is 9.47 Å². The van der Waals surface area contributed by atoms with Crippen molar-refractivity contribution < 1.29 is 27.5 Å². The highest BCUT2D eigenvalue weighted by atomic mass is 35.5. The predicted molar refractivity (Wildman–Crippen MR) is 128 cm³/mol. The van der Waals surface area contributed by atoms with Gasteiger partial charge in [0.1, 0.15) is 16.7 Å². The van der Waals surface area contributed by atoms with E-state index in [1.54, 1.807) is 43.3 Å². The first kappa shape index (κ1) is 24.9. The molecule has 2 aliphatic rings. The van der Waals surface area contributed by atoms with E-state index in [1.807, 2.05) is 24.3 Å². The molecule has 0 aliphatic carbocycles. The van der Waals surface area contributed by atoms with Crippen molar-refractivity contribution >= 4 is 27.6 Å². The van der Waals surface area contributed by atoms with Crippen LogP contribution in [0, 0.1) is 5.92 Å². The Morgan fingerprint density at radius 3 is 2.68 bits per heavy atom. The van der Waals surface area contributed by atoms with E-state index in [9.17, 15) is 13.2 Å². The Bertz CT molecular complexity index is 1110. The maximum absolute atomic E-state index is 13.7. The van der Waals surface area contributed by atoms with Crippen LogP contribution in [0.4, 0.5) is 0 Å². The van der Waals surface area contributed by atoms with Crippen LogP contribution in [-0.4, -0.2) is 62.4 Å². The smallest absolute Gasteiger partial charge is 0.310 e. The lowest BCUT2D eigenvalue weighted by atomic mass is 10.0. The molecule has 3 atom stereocenters. The minimum atomic E-state index is -3.75. The van der Waals surface area contributed by atoms with Crippen LogP contribution in [0.1, 0.15) is 31.4 Å². The molecule has 0 spiro atoms. The van der Waals surface area contributed by atoms with Crippen LogP contribution >= 0.6 is 11.6 Å². The van der Waals surface area contributed by atoms with Gasteiger partial charge in [0.05, 0.1) is 25.2 Å². The van der Waals surface area contributed by atoms with E-state index in [2.05, 4.69) is 0 Å². The van der Waals surface area contributed by atoms with Crippen LogP contribution in [0.2, 0.25) is 5.02 Å². The zero-order valence-corrected chi connectivity index (χ0v) is 20.8. The van der Waals surface area contributed by atoms with E-state index in [-0.39, 0.29) is 25.7 Å². The Labute approximate surface area is 205 Å². The van der Waals surface area contributed by atoms with E-state index < -0.39 is 27.2 Å². The topological polar surface area (TPSA) is 85.4 Å². The highest BCUT2D eigenvalue weighted by Crippen LogP contribution is 2.38. The number of benzene rings is 2. The number of sulfonamides is 1. The molecule has 34 heavy (non-hydrogen) atoms. The van der Waals surface area contributed by atoms with Crippen LogP contribution in [0.5, 0.6) is 11.5 Å². The normalized spacial score (nSPS) is 24.1. The van der Waals surface area contributed by atoms with Gasteiger partial charge in [0, 0.05) is 25.2 Å². The molecule has 8 nitrogen and oxygen atoms in total. The van der Waals surface area contributed by atoms with Crippen molar-refractivity contribution in [1.29, 1.82) is 0 Å². The number of nitrogens with zero attached hydrogens (tertiary/aromatic N) is 2. The number of hydrogen-bond acceptors (Lipinski definition) is 7. The summed E-state index contributed by atoms with van der Waals surface area (Å²) in [7, 11) is -2.02. The van der Waals surface area contributed by atoms with Gasteiger partial charge in [-0.3, -0.25) is 9.63 Å². The lowest BCUT2D eigenvalue weighted by Crippen LogP contribution is -2.48. The highest BCUT2D eigenvalue weighted by molar-refractivity contribution is 7.89. The molecule has 0 amide bonds. The van der Waals surface area contributed by atoms with Crippen LogP contribution < -0.4 is 4.74 Å². The molecule has 4 rings (SSSR count). The molecule has 2 aromatic carbocycles. The maximum atomic E-state index is 13.7. The largest absolute Gasteiger partial charge is 0.466 e. The maximum Gasteiger partial charge on any atom is 0.310 e. The fraction of sp³-hybridized carbons (Fsp3) is 0.458. The molecule has 0 N–H and O–H groups in total. The standard InChI is InChI=1S/C24H29ClN2O6S/c1-3-31-24(28)18-7-5-13-27(15-18)34(29,30)22-16-32-26(2)23(22)17-6-4-8-21(14-17)33-20-11-9-19(25)10-12-20/h4,6,8-12,14,18,22-23H,3,5,7,13,15-16H2,1-2H3/t18-,22+,23+/m1/s1. The number of ether oxygens (including phenoxy) is 2. The second-order valence-corrected chi connectivity index (χ2v) is 11.0. The van der Waals surface area contributed by atoms with Crippen molar-refractivity contribution in [2.75, 3.05) is 33.4 Å². The fourth-order valence-corrected chi connectivity index (χ4v) is 6.66. The first-order valence-electron chi connectivity index (χ1n) is 11.3. The quantitative estimate of drug-likeness (QED) is 0.522. The summed E-state index contributed by atoms with van der Waals surface area (Å²) in [5.74, 6) is 0.417. The van der Waals surface area contributed by atoms with Crippen molar-refractivity contribution in [3.05, 3.63) is 59.1 Å². The molecule has 2 saturated heterocycles. The third kappa shape index (κ3) is 5.39. The van der Waals surface area contributed by atoms with Crippen molar-refractivity contribution in [2.45, 2.75) is 31.1 Å². The van der Waals surface area contributed by atoms with Gasteiger partial charge >= 0.3 is 5.97 Å². The average molecular weight is 509 g/mol. The first-order valence-corrected chi connectivity index (χ1v) is 13.2. The first-order chi connectivity index (χ1) is 16.3. The number of carbonyl (C=O) groups excluding carboxylic acids is 1. The Kier molecular flexibility index (Phi) is 7.79. The van der Waals surface area contributed by atoms with Crippen LogP contribution in [0.15, 0.2) is 48.5 Å². The number of esters is 1. The van der Waals surface area contributed by atoms with Gasteiger partial charge in [-0.15, -0.1) is 0 Å². The van der Waals surface area contributed by atoms with Gasteiger partial charge in [0.25, 0.3) is 0 Å². The molecule has 184 valence electrons. The van der Waals surface area contributed by atoms with Crippen molar-refractivity contribution in [3.8, 4) is 11.5 Å². The summed E-state index contributed by atoms with van der Waals surface area (Å²) >= 11 is 5.95. The second kappa shape index (κ2) is 10.6. The molecule has 0 unspecified atom stereocenters. The Morgan fingerprint density at radius 1 is 1.18 bits per heavy atom. The van der Waals surface area contributed by atoms with Crippen LogP contribution in [-0.2, 0) is 24.4 Å². The van der Waals surface area contributed by atoms with E-state index in [1.165, 1.54) is 4.31 Å². The number of piperidine rings is 1. The van der Waals surface area contributed by atoms with Gasteiger partial charge in [0.15, 0.2) is 0 Å². The molecule has 2 heterocycles. The molecule has 0 radical (unpaired) electrons. The van der Waals surface area contributed by atoms with Gasteiger partial charge in [-0.25, -0.2) is 12.7 Å². The van der Waals surface area contributed by atoms with Gasteiger partial charge in [0.2, 0.25) is 10.0 Å². The van der Waals surface area contributed by atoms with E-state index in [4.69, 9.17) is 25.9 Å². The van der Waals surface area contributed by atoms with Crippen LogP contribution in [0.25, 0.3) is 0 Å². The summed E-state index contributed by atoms with van der Waals surface area (Å²) in [4.78, 5) is 17.9. The van der Waals surface area contributed by atoms with Crippen molar-refractivity contribution in [2.24, 2.45) is 5.92 Å². The molecular formula is C24H29ClN2O6S. The van der Waals surface area contributed by atoms with Crippen molar-refractivity contribution in [3.63, 3.8) is 0 Å². The zero-order chi connectivity index (χ0) is 24.3. The SMILES string of the molecule is CCOC(=O)[C@@H]1CCCN(S(=O)(=O)[C@H]2CON(C)[C@H]2c2cccc(Oc3ccc(Cl)cc3)c2)C1. The number of hydroxylamine groups is 2. The van der Waals surface area contributed by atoms with E-state index >= 15 is 0 Å². The van der Waals surface area contributed by atoms with Gasteiger partial charge in [-0.1, -0.05) is 23.7 Å². The molecule has 2 aliphatic heterocycles. The number of hydrogen-bond donors (Lipinski definition) is 0. The van der Waals surface area contributed by atoms with Gasteiger partial charge in [-0.2, -0.15) is 5.06 Å². The minimum absolute atomic E-state index is 0.0341. The summed E-state index contributed by atoms with van der Waals surface area (Å²) < 4.78 is 39.8. The summed E-state index contributed by atoms with van der Waals surface area (Å²) in [5.41, 5.74) is 0.763. The minimum Gasteiger partial charge on any atom is -0.466 e. The van der Waals surface area contributed by atoms with Crippen LogP contribution in [0.3, 0.4) is 0 Å². The fourth-order valence-electron chi connectivity index (χ4n) is 4.49. The number of rotatable bonds is 7. The molecule has 10 heteroatoms. The Morgan fingerprint density at radius 2 is 1.94 bits per heavy atom. The Balaban J connectivity index is 1.55. The summed E-state index contributed by atoms with van der Waals surface area (Å²) in [6, 6.07) is 13.8. The number of halogens is 1. The number of carbonyl (C=O) groups is 1. The lowest BCUT2D eigenvalue weighted by Gasteiger charge is -2.34. The molecule has 2 fully saturated rings. The Hall–Kier alpha value is -2.17. The monoisotopic (exact) mass is 508 g/mol. The molecule has 0 aromatic heterocycles. The van der Waals surface area contributed by atoms with Crippen molar-refractivity contribution in [1.82, 2.24) is 9.37 Å². The average Bonchev–Trinajstić information content (AvgIpc) is 3.23. The second-order valence-electron chi connectivity index (χ2n) is 8.45. The highest BCUT2D eigenvalue weighted by Gasteiger charge is 2.47. The third-order valence-corrected chi connectivity index (χ3v) is 8.64. The molecule has 0 saturated carbocycles. The predicted octanol–water partition coefficient (Wildman–Crippen LogP) is 4.02. The molecule has 2 aromatic rings. The lowest BCUT2D eigenvalue weighted by molar-refractivity contribution is -0.149. The summed E-state index contributed by atoms with van der Waals surface area (Å²) in [6.45, 7) is 2.57. The third-order valence-electron chi connectivity index (χ3n) is 6.18. The molecule has 0 bridgehead atoms. The summed E-state index contributed by atoms with van der Waals surface area (Å²) in [5, 5.41) is 1.38.